The average Bonchev–Trinajstić information content (AvgIpc) is 2.72. The molecule has 2 rings (SSSR count). The molecule has 0 aliphatic heterocycles. The van der Waals surface area contributed by atoms with Crippen molar-refractivity contribution in [1.82, 2.24) is 15.1 Å². The highest BCUT2D eigenvalue weighted by Gasteiger charge is 2.25. The fourth-order valence-electron chi connectivity index (χ4n) is 2.13. The van der Waals surface area contributed by atoms with Crippen LogP contribution in [0.5, 0.6) is 0 Å². The number of anilines is 1. The fraction of sp³-hybridized carbons (Fsp3) is 0.833. The third kappa shape index (κ3) is 3.63. The summed E-state index contributed by atoms with van der Waals surface area (Å²) in [5, 5.41) is 22.5. The summed E-state index contributed by atoms with van der Waals surface area (Å²) in [6.45, 7) is 5.03. The smallest absolute Gasteiger partial charge is 0.205 e. The number of rotatable bonds is 8. The zero-order valence-corrected chi connectivity index (χ0v) is 11.7. The van der Waals surface area contributed by atoms with Crippen molar-refractivity contribution in [2.75, 3.05) is 25.0 Å². The SMILES string of the molecule is CCNc1nnc(CN(CCCO)C2CCC2)s1. The second-order valence-corrected chi connectivity index (χ2v) is 5.73. The number of aliphatic hydroxyl groups is 1. The summed E-state index contributed by atoms with van der Waals surface area (Å²) >= 11 is 1.63. The first kappa shape index (κ1) is 13.7. The van der Waals surface area contributed by atoms with Crippen molar-refractivity contribution in [3.8, 4) is 0 Å². The van der Waals surface area contributed by atoms with E-state index in [4.69, 9.17) is 5.11 Å². The third-order valence-corrected chi connectivity index (χ3v) is 4.19. The van der Waals surface area contributed by atoms with E-state index in [0.717, 1.165) is 36.2 Å². The Morgan fingerprint density at radius 2 is 2.28 bits per heavy atom. The van der Waals surface area contributed by atoms with Crippen LogP contribution in [0.2, 0.25) is 0 Å². The van der Waals surface area contributed by atoms with Crippen molar-refractivity contribution in [3.05, 3.63) is 5.01 Å². The van der Waals surface area contributed by atoms with Crippen LogP contribution in [-0.4, -0.2) is 45.9 Å². The van der Waals surface area contributed by atoms with Crippen molar-refractivity contribution in [1.29, 1.82) is 0 Å². The van der Waals surface area contributed by atoms with E-state index in [1.807, 2.05) is 0 Å². The number of hydrogen-bond donors (Lipinski definition) is 2. The van der Waals surface area contributed by atoms with E-state index in [0.29, 0.717) is 6.04 Å². The van der Waals surface area contributed by atoms with Crippen LogP contribution >= 0.6 is 11.3 Å². The zero-order valence-electron chi connectivity index (χ0n) is 10.9. The number of aromatic nitrogens is 2. The Morgan fingerprint density at radius 1 is 1.44 bits per heavy atom. The summed E-state index contributed by atoms with van der Waals surface area (Å²) in [4.78, 5) is 2.44. The molecule has 18 heavy (non-hydrogen) atoms. The van der Waals surface area contributed by atoms with Gasteiger partial charge in [-0.15, -0.1) is 10.2 Å². The quantitative estimate of drug-likeness (QED) is 0.753. The molecule has 0 aromatic carbocycles. The maximum Gasteiger partial charge on any atom is 0.205 e. The lowest BCUT2D eigenvalue weighted by Crippen LogP contribution is -2.40. The van der Waals surface area contributed by atoms with Crippen molar-refractivity contribution >= 4 is 16.5 Å². The van der Waals surface area contributed by atoms with Crippen LogP contribution in [0.1, 0.15) is 37.6 Å². The van der Waals surface area contributed by atoms with E-state index in [2.05, 4.69) is 27.3 Å². The van der Waals surface area contributed by atoms with Gasteiger partial charge in [0.25, 0.3) is 0 Å². The van der Waals surface area contributed by atoms with Crippen molar-refractivity contribution in [3.63, 3.8) is 0 Å². The molecule has 0 amide bonds. The van der Waals surface area contributed by atoms with Crippen LogP contribution in [0.4, 0.5) is 5.13 Å². The standard InChI is InChI=1S/C12H22N4OS/c1-2-13-12-15-14-11(18-12)9-16(7-4-8-17)10-5-3-6-10/h10,17H,2-9H2,1H3,(H,13,15). The third-order valence-electron chi connectivity index (χ3n) is 3.33. The van der Waals surface area contributed by atoms with Gasteiger partial charge >= 0.3 is 0 Å². The van der Waals surface area contributed by atoms with Crippen LogP contribution in [0, 0.1) is 0 Å². The van der Waals surface area contributed by atoms with Crippen LogP contribution in [0.25, 0.3) is 0 Å². The predicted octanol–water partition coefficient (Wildman–Crippen LogP) is 1.71. The van der Waals surface area contributed by atoms with Gasteiger partial charge in [-0.1, -0.05) is 17.8 Å². The van der Waals surface area contributed by atoms with Gasteiger partial charge in [-0.05, 0) is 26.2 Å². The Labute approximate surface area is 112 Å². The van der Waals surface area contributed by atoms with Gasteiger partial charge in [-0.25, -0.2) is 0 Å². The first-order chi connectivity index (χ1) is 8.83. The minimum atomic E-state index is 0.266. The van der Waals surface area contributed by atoms with Gasteiger partial charge in [0.1, 0.15) is 5.01 Å². The molecule has 102 valence electrons. The molecule has 1 heterocycles. The van der Waals surface area contributed by atoms with Gasteiger partial charge in [-0.3, -0.25) is 4.90 Å². The maximum absolute atomic E-state index is 8.97. The summed E-state index contributed by atoms with van der Waals surface area (Å²) < 4.78 is 0. The Morgan fingerprint density at radius 3 is 2.89 bits per heavy atom. The van der Waals surface area contributed by atoms with Gasteiger partial charge in [0.15, 0.2) is 0 Å². The average molecular weight is 270 g/mol. The maximum atomic E-state index is 8.97. The molecule has 1 fully saturated rings. The van der Waals surface area contributed by atoms with Gasteiger partial charge in [0.2, 0.25) is 5.13 Å². The highest BCUT2D eigenvalue weighted by atomic mass is 32.1. The summed E-state index contributed by atoms with van der Waals surface area (Å²) in [6.07, 6.45) is 4.74. The topological polar surface area (TPSA) is 61.3 Å². The normalized spacial score (nSPS) is 15.9. The molecule has 0 bridgehead atoms. The Bertz CT molecular complexity index is 354. The van der Waals surface area contributed by atoms with Crippen molar-refractivity contribution in [2.45, 2.75) is 45.2 Å². The number of nitrogens with zero attached hydrogens (tertiary/aromatic N) is 3. The molecule has 0 unspecified atom stereocenters. The molecule has 5 nitrogen and oxygen atoms in total. The molecule has 0 atom stereocenters. The van der Waals surface area contributed by atoms with E-state index in [-0.39, 0.29) is 6.61 Å². The fourth-order valence-corrected chi connectivity index (χ4v) is 2.96. The molecule has 1 aromatic rings. The van der Waals surface area contributed by atoms with Crippen molar-refractivity contribution < 1.29 is 5.11 Å². The first-order valence-corrected chi connectivity index (χ1v) is 7.56. The van der Waals surface area contributed by atoms with E-state index in [1.165, 1.54) is 19.3 Å². The van der Waals surface area contributed by atoms with E-state index in [9.17, 15) is 0 Å². The molecule has 1 aromatic heterocycles. The minimum Gasteiger partial charge on any atom is -0.396 e. The molecule has 0 radical (unpaired) electrons. The second kappa shape index (κ2) is 7.01. The lowest BCUT2D eigenvalue weighted by Gasteiger charge is -2.36. The Hall–Kier alpha value is -0.720. The van der Waals surface area contributed by atoms with Gasteiger partial charge in [-0.2, -0.15) is 0 Å². The molecular formula is C12H22N4OS. The Kier molecular flexibility index (Phi) is 5.34. The molecule has 1 aliphatic rings. The molecule has 6 heteroatoms. The van der Waals surface area contributed by atoms with Crippen LogP contribution < -0.4 is 5.32 Å². The lowest BCUT2D eigenvalue weighted by molar-refractivity contribution is 0.109. The Balaban J connectivity index is 1.89. The largest absolute Gasteiger partial charge is 0.396 e. The molecule has 1 aliphatic carbocycles. The number of aliphatic hydroxyl groups excluding tert-OH is 1. The van der Waals surface area contributed by atoms with Gasteiger partial charge < -0.3 is 10.4 Å². The van der Waals surface area contributed by atoms with E-state index >= 15 is 0 Å². The summed E-state index contributed by atoms with van der Waals surface area (Å²) in [5.41, 5.74) is 0. The number of nitrogens with one attached hydrogen (secondary N) is 1. The summed E-state index contributed by atoms with van der Waals surface area (Å²) in [5.74, 6) is 0. The lowest BCUT2D eigenvalue weighted by atomic mass is 9.91. The monoisotopic (exact) mass is 270 g/mol. The molecule has 2 N–H and O–H groups in total. The molecule has 0 spiro atoms. The predicted molar refractivity (Wildman–Crippen MR) is 73.8 cm³/mol. The van der Waals surface area contributed by atoms with Crippen molar-refractivity contribution in [2.24, 2.45) is 0 Å². The van der Waals surface area contributed by atoms with E-state index < -0.39 is 0 Å². The van der Waals surface area contributed by atoms with E-state index in [1.54, 1.807) is 11.3 Å². The number of hydrogen-bond acceptors (Lipinski definition) is 6. The van der Waals surface area contributed by atoms with Crippen LogP contribution in [0.3, 0.4) is 0 Å². The molecule has 1 saturated carbocycles. The summed E-state index contributed by atoms with van der Waals surface area (Å²) in [6, 6.07) is 0.683. The highest BCUT2D eigenvalue weighted by Crippen LogP contribution is 2.27. The second-order valence-electron chi connectivity index (χ2n) is 4.66. The van der Waals surface area contributed by atoms with Gasteiger partial charge in [0, 0.05) is 25.7 Å². The highest BCUT2D eigenvalue weighted by molar-refractivity contribution is 7.15. The first-order valence-electron chi connectivity index (χ1n) is 6.74. The van der Waals surface area contributed by atoms with Crippen LogP contribution in [0.15, 0.2) is 0 Å². The minimum absolute atomic E-state index is 0.266. The summed E-state index contributed by atoms with van der Waals surface area (Å²) in [7, 11) is 0. The van der Waals surface area contributed by atoms with Gasteiger partial charge in [0.05, 0.1) is 6.54 Å². The molecular weight excluding hydrogens is 248 g/mol. The van der Waals surface area contributed by atoms with Crippen LogP contribution in [-0.2, 0) is 6.54 Å². The zero-order chi connectivity index (χ0) is 12.8. The molecule has 0 saturated heterocycles.